The zero-order valence-corrected chi connectivity index (χ0v) is 17.0. The number of carboxylic acids is 2. The summed E-state index contributed by atoms with van der Waals surface area (Å²) in [6, 6.07) is 15.4. The van der Waals surface area contributed by atoms with Crippen LogP contribution in [-0.2, 0) is 20.9 Å². The van der Waals surface area contributed by atoms with Gasteiger partial charge >= 0.3 is 11.9 Å². The molecule has 0 saturated heterocycles. The lowest BCUT2D eigenvalue weighted by atomic mass is 10.2. The molecule has 2 aromatic carbocycles. The van der Waals surface area contributed by atoms with Crippen LogP contribution in [0.3, 0.4) is 0 Å². The van der Waals surface area contributed by atoms with E-state index in [9.17, 15) is 4.79 Å². The Labute approximate surface area is 170 Å². The van der Waals surface area contributed by atoms with E-state index in [4.69, 9.17) is 24.5 Å². The highest BCUT2D eigenvalue weighted by atomic mass is 79.9. The largest absolute Gasteiger partial charge is 0.497 e. The second-order valence-electron chi connectivity index (χ2n) is 5.66. The van der Waals surface area contributed by atoms with E-state index in [2.05, 4.69) is 21.2 Å². The number of aliphatic carboxylic acids is 2. The third kappa shape index (κ3) is 8.65. The summed E-state index contributed by atoms with van der Waals surface area (Å²) in [6.45, 7) is 0.999. The maximum absolute atomic E-state index is 12.1. The predicted octanol–water partition coefficient (Wildman–Crippen LogP) is 2.68. The SMILES string of the molecule is COc1cccc(CN(C)CC(=O)Nc2ccccc2Br)c1.O=C(O)C(=O)O. The van der Waals surface area contributed by atoms with Crippen LogP contribution >= 0.6 is 15.9 Å². The van der Waals surface area contributed by atoms with Gasteiger partial charge in [0.25, 0.3) is 0 Å². The number of hydrogen-bond acceptors (Lipinski definition) is 5. The van der Waals surface area contributed by atoms with E-state index >= 15 is 0 Å². The van der Waals surface area contributed by atoms with Gasteiger partial charge in [0.05, 0.1) is 19.3 Å². The predicted molar refractivity (Wildman–Crippen MR) is 107 cm³/mol. The van der Waals surface area contributed by atoms with E-state index in [0.29, 0.717) is 13.1 Å². The number of carboxylic acid groups (broad SMARTS) is 2. The first-order chi connectivity index (χ1) is 13.2. The van der Waals surface area contributed by atoms with Crippen LogP contribution in [0.15, 0.2) is 53.0 Å². The van der Waals surface area contributed by atoms with Crippen molar-refractivity contribution in [3.05, 3.63) is 58.6 Å². The molecule has 0 aliphatic heterocycles. The molecule has 9 heteroatoms. The van der Waals surface area contributed by atoms with Gasteiger partial charge in [-0.2, -0.15) is 0 Å². The maximum Gasteiger partial charge on any atom is 0.414 e. The molecule has 0 fully saturated rings. The van der Waals surface area contributed by atoms with E-state index < -0.39 is 11.9 Å². The Kier molecular flexibility index (Phi) is 9.69. The second-order valence-corrected chi connectivity index (χ2v) is 6.52. The van der Waals surface area contributed by atoms with Gasteiger partial charge in [0.15, 0.2) is 0 Å². The molecule has 150 valence electrons. The van der Waals surface area contributed by atoms with Gasteiger partial charge in [0, 0.05) is 11.0 Å². The number of hydrogen-bond donors (Lipinski definition) is 3. The normalized spacial score (nSPS) is 9.86. The van der Waals surface area contributed by atoms with Crippen LogP contribution in [0.2, 0.25) is 0 Å². The molecule has 0 spiro atoms. The lowest BCUT2D eigenvalue weighted by Crippen LogP contribution is -2.29. The molecule has 0 aliphatic carbocycles. The van der Waals surface area contributed by atoms with Crippen molar-refractivity contribution in [3.63, 3.8) is 0 Å². The summed E-state index contributed by atoms with van der Waals surface area (Å²) in [6.07, 6.45) is 0. The minimum Gasteiger partial charge on any atom is -0.497 e. The summed E-state index contributed by atoms with van der Waals surface area (Å²) in [5, 5.41) is 17.7. The molecule has 0 bridgehead atoms. The Morgan fingerprint density at radius 3 is 2.29 bits per heavy atom. The molecule has 8 nitrogen and oxygen atoms in total. The summed E-state index contributed by atoms with van der Waals surface area (Å²) in [5.74, 6) is -2.87. The van der Waals surface area contributed by atoms with E-state index in [-0.39, 0.29) is 5.91 Å². The van der Waals surface area contributed by atoms with Gasteiger partial charge < -0.3 is 20.3 Å². The highest BCUT2D eigenvalue weighted by Gasteiger charge is 2.09. The molecule has 0 radical (unpaired) electrons. The molecule has 1 amide bonds. The average Bonchev–Trinajstić information content (AvgIpc) is 2.64. The standard InChI is InChI=1S/C17H19BrN2O2.C2H2O4/c1-20(11-13-6-5-7-14(10-13)22-2)12-17(21)19-16-9-4-3-8-15(16)18;3-1(4)2(5)6/h3-10H,11-12H2,1-2H3,(H,19,21);(H,3,4)(H,5,6). The Morgan fingerprint density at radius 2 is 1.71 bits per heavy atom. The molecule has 3 N–H and O–H groups in total. The number of benzene rings is 2. The number of ether oxygens (including phenoxy) is 1. The number of anilines is 1. The topological polar surface area (TPSA) is 116 Å². The first-order valence-electron chi connectivity index (χ1n) is 8.05. The van der Waals surface area contributed by atoms with Gasteiger partial charge in [-0.15, -0.1) is 0 Å². The summed E-state index contributed by atoms with van der Waals surface area (Å²) >= 11 is 3.42. The minimum atomic E-state index is -1.82. The van der Waals surface area contributed by atoms with Gasteiger partial charge in [-0.3, -0.25) is 9.69 Å². The van der Waals surface area contributed by atoms with Crippen LogP contribution in [0.4, 0.5) is 5.69 Å². The van der Waals surface area contributed by atoms with Gasteiger partial charge in [-0.05, 0) is 52.8 Å². The Hall–Kier alpha value is -2.91. The lowest BCUT2D eigenvalue weighted by Gasteiger charge is -2.17. The monoisotopic (exact) mass is 452 g/mol. The molecule has 0 heterocycles. The Balaban J connectivity index is 0.000000568. The molecule has 0 atom stereocenters. The Bertz CT molecular complexity index is 816. The number of amides is 1. The van der Waals surface area contributed by atoms with Crippen molar-refractivity contribution in [1.29, 1.82) is 0 Å². The fourth-order valence-corrected chi connectivity index (χ4v) is 2.52. The lowest BCUT2D eigenvalue weighted by molar-refractivity contribution is -0.159. The molecule has 0 aromatic heterocycles. The van der Waals surface area contributed by atoms with Gasteiger partial charge in [0.1, 0.15) is 5.75 Å². The smallest absolute Gasteiger partial charge is 0.414 e. The van der Waals surface area contributed by atoms with Crippen molar-refractivity contribution >= 4 is 39.5 Å². The van der Waals surface area contributed by atoms with Crippen LogP contribution in [0, 0.1) is 0 Å². The molecule has 28 heavy (non-hydrogen) atoms. The number of halogens is 1. The summed E-state index contributed by atoms with van der Waals surface area (Å²) in [4.78, 5) is 32.2. The zero-order chi connectivity index (χ0) is 21.1. The van der Waals surface area contributed by atoms with Crippen molar-refractivity contribution < 1.29 is 29.3 Å². The van der Waals surface area contributed by atoms with E-state index in [1.165, 1.54) is 0 Å². The zero-order valence-electron chi connectivity index (χ0n) is 15.4. The van der Waals surface area contributed by atoms with Crippen LogP contribution < -0.4 is 10.1 Å². The fourth-order valence-electron chi connectivity index (χ4n) is 2.14. The van der Waals surface area contributed by atoms with Crippen LogP contribution in [0.5, 0.6) is 5.75 Å². The third-order valence-corrected chi connectivity index (χ3v) is 4.02. The second kappa shape index (κ2) is 11.7. The Morgan fingerprint density at radius 1 is 1.07 bits per heavy atom. The van der Waals surface area contributed by atoms with Crippen molar-refractivity contribution in [1.82, 2.24) is 4.90 Å². The van der Waals surface area contributed by atoms with E-state index in [0.717, 1.165) is 21.5 Å². The number of carbonyl (C=O) groups is 3. The number of carbonyl (C=O) groups excluding carboxylic acids is 1. The van der Waals surface area contributed by atoms with Crippen LogP contribution in [-0.4, -0.2) is 53.7 Å². The highest BCUT2D eigenvalue weighted by molar-refractivity contribution is 9.10. The average molecular weight is 453 g/mol. The maximum atomic E-state index is 12.1. The number of para-hydroxylation sites is 1. The van der Waals surface area contributed by atoms with Crippen molar-refractivity contribution in [2.24, 2.45) is 0 Å². The van der Waals surface area contributed by atoms with E-state index in [1.807, 2.05) is 60.5 Å². The molecule has 0 aliphatic rings. The molecule has 0 saturated carbocycles. The van der Waals surface area contributed by atoms with Crippen LogP contribution in [0.25, 0.3) is 0 Å². The first-order valence-corrected chi connectivity index (χ1v) is 8.84. The number of rotatable bonds is 6. The molecule has 2 rings (SSSR count). The molecular formula is C19H21BrN2O6. The van der Waals surface area contributed by atoms with Crippen molar-refractivity contribution in [3.8, 4) is 5.75 Å². The highest BCUT2D eigenvalue weighted by Crippen LogP contribution is 2.21. The minimum absolute atomic E-state index is 0.0442. The van der Waals surface area contributed by atoms with E-state index in [1.54, 1.807) is 7.11 Å². The fraction of sp³-hybridized carbons (Fsp3) is 0.211. The van der Waals surface area contributed by atoms with Crippen molar-refractivity contribution in [2.45, 2.75) is 6.54 Å². The molecule has 2 aromatic rings. The van der Waals surface area contributed by atoms with Gasteiger partial charge in [-0.25, -0.2) is 9.59 Å². The van der Waals surface area contributed by atoms with Crippen LogP contribution in [0.1, 0.15) is 5.56 Å². The molecular weight excluding hydrogens is 432 g/mol. The number of likely N-dealkylation sites (N-methyl/N-ethyl adjacent to an activating group) is 1. The van der Waals surface area contributed by atoms with Crippen molar-refractivity contribution in [2.75, 3.05) is 26.0 Å². The third-order valence-electron chi connectivity index (χ3n) is 3.33. The number of nitrogens with one attached hydrogen (secondary N) is 1. The first kappa shape index (κ1) is 23.1. The van der Waals surface area contributed by atoms with Gasteiger partial charge in [-0.1, -0.05) is 24.3 Å². The number of nitrogens with zero attached hydrogens (tertiary/aromatic N) is 1. The summed E-state index contributed by atoms with van der Waals surface area (Å²) in [7, 11) is 3.56. The summed E-state index contributed by atoms with van der Waals surface area (Å²) < 4.78 is 6.08. The van der Waals surface area contributed by atoms with Gasteiger partial charge in [0.2, 0.25) is 5.91 Å². The quantitative estimate of drug-likeness (QED) is 0.576. The molecule has 0 unspecified atom stereocenters. The summed E-state index contributed by atoms with van der Waals surface area (Å²) in [5.41, 5.74) is 1.89. The number of methoxy groups -OCH3 is 1.